The highest BCUT2D eigenvalue weighted by Crippen LogP contribution is 2.49. The summed E-state index contributed by atoms with van der Waals surface area (Å²) in [5.41, 5.74) is -1.02. The molecule has 2 amide bonds. The van der Waals surface area contributed by atoms with Crippen molar-refractivity contribution in [2.45, 2.75) is 54.1 Å². The monoisotopic (exact) mass is 725 g/mol. The first-order valence-corrected chi connectivity index (χ1v) is 17.2. The average molecular weight is 726 g/mol. The third-order valence-corrected chi connectivity index (χ3v) is 11.1. The van der Waals surface area contributed by atoms with Crippen LogP contribution in [0.4, 0.5) is 27.6 Å². The minimum absolute atomic E-state index is 0.0753. The normalized spacial score (nSPS) is 20.5. The molecule has 0 radical (unpaired) electrons. The number of hydrogen-bond acceptors (Lipinski definition) is 8. The van der Waals surface area contributed by atoms with Crippen molar-refractivity contribution in [2.24, 2.45) is 23.5 Å². The van der Waals surface area contributed by atoms with E-state index in [0.717, 1.165) is 30.3 Å². The number of benzene rings is 3. The number of hydrogen-bond donors (Lipinski definition) is 5. The second kappa shape index (κ2) is 14.2. The number of aliphatic hydroxyl groups excluding tert-OH is 2. The molecule has 5 rings (SSSR count). The molecule has 0 heterocycles. The number of methoxy groups -OCH3 is 1. The third-order valence-electron chi connectivity index (χ3n) is 9.65. The quantitative estimate of drug-likeness (QED) is 0.172. The van der Waals surface area contributed by atoms with Crippen LogP contribution in [0.1, 0.15) is 41.6 Å². The Kier molecular flexibility index (Phi) is 10.6. The molecule has 10 nitrogen and oxygen atoms in total. The van der Waals surface area contributed by atoms with Gasteiger partial charge in [0.25, 0.3) is 15.7 Å². The zero-order valence-corrected chi connectivity index (χ0v) is 27.6. The van der Waals surface area contributed by atoms with Crippen molar-refractivity contribution in [3.63, 3.8) is 0 Å². The Bertz CT molecular complexity index is 1890. The summed E-state index contributed by atoms with van der Waals surface area (Å²) < 4.78 is 98.8. The van der Waals surface area contributed by atoms with Gasteiger partial charge in [0.2, 0.25) is 5.91 Å². The smallest absolute Gasteiger partial charge is 0.496 e. The molecule has 2 bridgehead atoms. The number of fused-ring (bicyclic) bond motifs is 2. The molecule has 0 aromatic heterocycles. The number of rotatable bonds is 12. The Morgan fingerprint density at radius 2 is 1.68 bits per heavy atom. The molecule has 4 atom stereocenters. The van der Waals surface area contributed by atoms with E-state index in [-0.39, 0.29) is 58.4 Å². The standard InChI is InChI=1S/C34H36F5N3O7S/c1-49-28-15-27(36)24(19-6-5-18(26(35)12-19)9-10-33(40,16-43)17-44)14-25(28)31(45)42-30-21-8-7-20(11-21)29(30)32(46)41-22-3-2-4-23(13-22)50(47,48)34(37,38)39/h2-6,12-15,20-21,29-30,43-44H,7-11,16-17,40H2,1H3,(H,41,46)(H,42,45). The van der Waals surface area contributed by atoms with E-state index < -0.39 is 74.4 Å². The molecule has 6 N–H and O–H groups in total. The fraction of sp³-hybridized carbons (Fsp3) is 0.412. The Labute approximate surface area is 284 Å². The number of carbonyl (C=O) groups excluding carboxylic acids is 2. The Balaban J connectivity index is 1.37. The van der Waals surface area contributed by atoms with E-state index in [1.165, 1.54) is 31.4 Å². The van der Waals surface area contributed by atoms with Crippen molar-refractivity contribution in [3.8, 4) is 16.9 Å². The van der Waals surface area contributed by atoms with Gasteiger partial charge in [0.15, 0.2) is 0 Å². The van der Waals surface area contributed by atoms with Crippen molar-refractivity contribution in [3.05, 3.63) is 77.4 Å². The minimum Gasteiger partial charge on any atom is -0.496 e. The number of aryl methyl sites for hydroxylation is 1. The van der Waals surface area contributed by atoms with Crippen molar-refractivity contribution < 1.29 is 54.9 Å². The van der Waals surface area contributed by atoms with Gasteiger partial charge < -0.3 is 31.3 Å². The van der Waals surface area contributed by atoms with Gasteiger partial charge in [-0.3, -0.25) is 9.59 Å². The average Bonchev–Trinajstić information content (AvgIpc) is 3.69. The molecule has 4 unspecified atom stereocenters. The summed E-state index contributed by atoms with van der Waals surface area (Å²) in [4.78, 5) is 26.2. The van der Waals surface area contributed by atoms with Gasteiger partial charge in [0.05, 0.1) is 42.2 Å². The van der Waals surface area contributed by atoms with E-state index in [1.54, 1.807) is 0 Å². The van der Waals surface area contributed by atoms with Crippen molar-refractivity contribution >= 4 is 27.3 Å². The number of sulfone groups is 1. The zero-order chi connectivity index (χ0) is 36.6. The second-order valence-electron chi connectivity index (χ2n) is 12.8. The maximum atomic E-state index is 15.3. The molecule has 3 aromatic rings. The second-order valence-corrected chi connectivity index (χ2v) is 14.8. The number of anilines is 1. The highest BCUT2D eigenvalue weighted by Gasteiger charge is 2.52. The van der Waals surface area contributed by atoms with Crippen LogP contribution >= 0.6 is 0 Å². The maximum absolute atomic E-state index is 15.3. The van der Waals surface area contributed by atoms with Gasteiger partial charge in [-0.05, 0) is 85.4 Å². The zero-order valence-electron chi connectivity index (χ0n) is 26.8. The summed E-state index contributed by atoms with van der Waals surface area (Å²) in [5, 5.41) is 24.2. The van der Waals surface area contributed by atoms with Gasteiger partial charge in [0, 0.05) is 23.4 Å². The summed E-state index contributed by atoms with van der Waals surface area (Å²) in [5.74, 6) is -4.04. The van der Waals surface area contributed by atoms with E-state index in [1.807, 2.05) is 0 Å². The molecule has 2 fully saturated rings. The molecular formula is C34H36F5N3O7S. The minimum atomic E-state index is -5.66. The molecule has 270 valence electrons. The molecular weight excluding hydrogens is 689 g/mol. The first-order chi connectivity index (χ1) is 23.5. The third kappa shape index (κ3) is 7.33. The lowest BCUT2D eigenvalue weighted by molar-refractivity contribution is -0.122. The number of carbonyl (C=O) groups is 2. The van der Waals surface area contributed by atoms with Crippen molar-refractivity contribution in [2.75, 3.05) is 25.6 Å². The number of alkyl halides is 3. The maximum Gasteiger partial charge on any atom is 0.501 e. The summed E-state index contributed by atoms with van der Waals surface area (Å²) in [6.07, 6.45) is 2.10. The van der Waals surface area contributed by atoms with Crippen LogP contribution in [0.5, 0.6) is 5.75 Å². The van der Waals surface area contributed by atoms with E-state index in [2.05, 4.69) is 10.6 Å². The number of aliphatic hydroxyl groups is 2. The first kappa shape index (κ1) is 37.1. The highest BCUT2D eigenvalue weighted by molar-refractivity contribution is 7.92. The summed E-state index contributed by atoms with van der Waals surface area (Å²) in [7, 11) is -4.42. The molecule has 2 aliphatic rings. The molecule has 2 aliphatic carbocycles. The number of nitrogens with one attached hydrogen (secondary N) is 2. The lowest BCUT2D eigenvalue weighted by Gasteiger charge is -2.31. The molecule has 0 spiro atoms. The fourth-order valence-corrected chi connectivity index (χ4v) is 7.64. The molecule has 0 saturated heterocycles. The number of nitrogens with two attached hydrogens (primary N) is 1. The lowest BCUT2D eigenvalue weighted by atomic mass is 9.83. The van der Waals surface area contributed by atoms with Gasteiger partial charge in [-0.15, -0.1) is 0 Å². The summed E-state index contributed by atoms with van der Waals surface area (Å²) >= 11 is 0. The lowest BCUT2D eigenvalue weighted by Crippen LogP contribution is -2.48. The van der Waals surface area contributed by atoms with Gasteiger partial charge in [-0.2, -0.15) is 13.2 Å². The predicted molar refractivity (Wildman–Crippen MR) is 172 cm³/mol. The molecule has 0 aliphatic heterocycles. The topological polar surface area (TPSA) is 168 Å². The number of amides is 2. The van der Waals surface area contributed by atoms with Gasteiger partial charge >= 0.3 is 5.51 Å². The van der Waals surface area contributed by atoms with Crippen LogP contribution in [0.2, 0.25) is 0 Å². The van der Waals surface area contributed by atoms with Crippen LogP contribution in [0.25, 0.3) is 11.1 Å². The van der Waals surface area contributed by atoms with Crippen molar-refractivity contribution in [1.29, 1.82) is 0 Å². The SMILES string of the molecule is COc1cc(F)c(-c2ccc(CCC(N)(CO)CO)c(F)c2)cc1C(=O)NC1C2CCC(C2)C1C(=O)Nc1cccc(S(=O)(=O)C(F)(F)F)c1. The van der Waals surface area contributed by atoms with Gasteiger partial charge in [-0.25, -0.2) is 17.2 Å². The van der Waals surface area contributed by atoms with Gasteiger partial charge in [-0.1, -0.05) is 18.2 Å². The van der Waals surface area contributed by atoms with Crippen LogP contribution in [-0.2, 0) is 21.1 Å². The van der Waals surface area contributed by atoms with Crippen molar-refractivity contribution in [1.82, 2.24) is 5.32 Å². The van der Waals surface area contributed by atoms with Crippen LogP contribution in [0, 0.1) is 29.4 Å². The largest absolute Gasteiger partial charge is 0.501 e. The summed E-state index contributed by atoms with van der Waals surface area (Å²) in [6.45, 7) is -1.02. The van der Waals surface area contributed by atoms with Crippen LogP contribution in [0.15, 0.2) is 59.5 Å². The highest BCUT2D eigenvalue weighted by atomic mass is 32.2. The number of ether oxygens (including phenoxy) is 1. The molecule has 3 aromatic carbocycles. The summed E-state index contributed by atoms with van der Waals surface area (Å²) in [6, 6.07) is 9.24. The van der Waals surface area contributed by atoms with E-state index in [4.69, 9.17) is 10.5 Å². The van der Waals surface area contributed by atoms with Crippen LogP contribution < -0.4 is 21.1 Å². The molecule has 2 saturated carbocycles. The molecule has 16 heteroatoms. The van der Waals surface area contributed by atoms with E-state index >= 15 is 8.78 Å². The number of halogens is 5. The van der Waals surface area contributed by atoms with E-state index in [0.29, 0.717) is 19.3 Å². The Hall–Kier alpha value is -4.12. The Morgan fingerprint density at radius 3 is 2.32 bits per heavy atom. The van der Waals surface area contributed by atoms with E-state index in [9.17, 15) is 41.4 Å². The first-order valence-electron chi connectivity index (χ1n) is 15.7. The molecule has 50 heavy (non-hydrogen) atoms. The predicted octanol–water partition coefficient (Wildman–Crippen LogP) is 4.33. The van der Waals surface area contributed by atoms with Gasteiger partial charge in [0.1, 0.15) is 17.4 Å². The van der Waals surface area contributed by atoms with Crippen LogP contribution in [-0.4, -0.2) is 67.9 Å². The fourth-order valence-electron chi connectivity index (χ4n) is 6.84. The Morgan fingerprint density at radius 1 is 0.980 bits per heavy atom. The van der Waals surface area contributed by atoms with Crippen LogP contribution in [0.3, 0.4) is 0 Å².